The molecule has 1 aromatic heterocycles. The van der Waals surface area contributed by atoms with Crippen molar-refractivity contribution in [1.82, 2.24) is 9.88 Å². The molecule has 1 amide bonds. The van der Waals surface area contributed by atoms with Crippen LogP contribution in [0.4, 0.5) is 18.0 Å². The first kappa shape index (κ1) is 24.9. The summed E-state index contributed by atoms with van der Waals surface area (Å²) in [6.07, 6.45) is -3.12. The lowest BCUT2D eigenvalue weighted by Crippen LogP contribution is -2.45. The van der Waals surface area contributed by atoms with Gasteiger partial charge in [0, 0.05) is 36.0 Å². The van der Waals surface area contributed by atoms with E-state index in [4.69, 9.17) is 14.2 Å². The number of benzene rings is 2. The van der Waals surface area contributed by atoms with Gasteiger partial charge in [0.25, 0.3) is 0 Å². The lowest BCUT2D eigenvalue weighted by molar-refractivity contribution is -0.189. The van der Waals surface area contributed by atoms with Crippen molar-refractivity contribution in [2.24, 2.45) is 5.92 Å². The van der Waals surface area contributed by atoms with Gasteiger partial charge < -0.3 is 19.1 Å². The van der Waals surface area contributed by atoms with Crippen LogP contribution in [0, 0.1) is 5.92 Å². The van der Waals surface area contributed by atoms with Gasteiger partial charge in [-0.3, -0.25) is 4.98 Å². The molecule has 2 saturated heterocycles. The Morgan fingerprint density at radius 1 is 0.947 bits per heavy atom. The molecule has 2 aromatic carbocycles. The molecule has 6 rings (SSSR count). The largest absolute Gasteiger partial charge is 0.448 e. The number of carbonyl (C=O) groups is 1. The van der Waals surface area contributed by atoms with Gasteiger partial charge in [-0.25, -0.2) is 4.79 Å². The Hall–Kier alpha value is -3.43. The maximum absolute atomic E-state index is 13.8. The van der Waals surface area contributed by atoms with Crippen molar-refractivity contribution >= 4 is 6.09 Å². The molecule has 0 spiro atoms. The van der Waals surface area contributed by atoms with E-state index in [0.29, 0.717) is 24.3 Å². The van der Waals surface area contributed by atoms with Gasteiger partial charge in [0.15, 0.2) is 6.29 Å². The van der Waals surface area contributed by atoms with Crippen molar-refractivity contribution in [1.29, 1.82) is 0 Å². The lowest BCUT2D eigenvalue weighted by atomic mass is 9.85. The summed E-state index contributed by atoms with van der Waals surface area (Å²) in [6, 6.07) is 16.8. The Morgan fingerprint density at radius 3 is 2.26 bits per heavy atom. The van der Waals surface area contributed by atoms with Crippen LogP contribution < -0.4 is 0 Å². The minimum atomic E-state index is -4.37. The third kappa shape index (κ3) is 4.54. The van der Waals surface area contributed by atoms with Crippen molar-refractivity contribution in [3.05, 3.63) is 89.2 Å². The number of hydrogen-bond donors (Lipinski definition) is 0. The average molecular weight is 525 g/mol. The first-order valence-corrected chi connectivity index (χ1v) is 12.8. The second-order valence-electron chi connectivity index (χ2n) is 9.85. The summed E-state index contributed by atoms with van der Waals surface area (Å²) in [4.78, 5) is 19.1. The molecular weight excluding hydrogens is 497 g/mol. The summed E-state index contributed by atoms with van der Waals surface area (Å²) in [5.41, 5.74) is 5.41. The normalized spacial score (nSPS) is 21.8. The van der Waals surface area contributed by atoms with E-state index in [1.54, 1.807) is 12.3 Å². The van der Waals surface area contributed by atoms with Crippen LogP contribution in [0.1, 0.15) is 53.3 Å². The van der Waals surface area contributed by atoms with E-state index in [2.05, 4.69) is 4.98 Å². The maximum Gasteiger partial charge on any atom is 0.410 e. The Morgan fingerprint density at radius 2 is 1.61 bits per heavy atom. The number of aromatic nitrogens is 1. The molecule has 6 nitrogen and oxygen atoms in total. The number of piperidine rings is 1. The summed E-state index contributed by atoms with van der Waals surface area (Å²) < 4.78 is 58.5. The van der Waals surface area contributed by atoms with Gasteiger partial charge in [-0.1, -0.05) is 48.5 Å². The monoisotopic (exact) mass is 524 g/mol. The minimum absolute atomic E-state index is 0.0772. The van der Waals surface area contributed by atoms with Crippen LogP contribution in [0.15, 0.2) is 67.0 Å². The molecule has 1 aliphatic carbocycles. The minimum Gasteiger partial charge on any atom is -0.448 e. The number of fused-ring (bicyclic) bond motifs is 3. The van der Waals surface area contributed by atoms with Crippen LogP contribution >= 0.6 is 0 Å². The second kappa shape index (κ2) is 10.0. The van der Waals surface area contributed by atoms with E-state index in [0.717, 1.165) is 22.3 Å². The van der Waals surface area contributed by atoms with Gasteiger partial charge in [0.2, 0.25) is 0 Å². The second-order valence-corrected chi connectivity index (χ2v) is 9.85. The summed E-state index contributed by atoms with van der Waals surface area (Å²) in [5, 5.41) is 0. The molecule has 2 unspecified atom stereocenters. The highest BCUT2D eigenvalue weighted by atomic mass is 19.4. The van der Waals surface area contributed by atoms with Crippen molar-refractivity contribution in [2.45, 2.75) is 37.3 Å². The molecule has 198 valence electrons. The molecule has 0 bridgehead atoms. The number of nitrogens with zero attached hydrogens (tertiary/aromatic N) is 2. The molecule has 0 N–H and O–H groups in total. The van der Waals surface area contributed by atoms with E-state index in [-0.39, 0.29) is 31.9 Å². The van der Waals surface area contributed by atoms with Gasteiger partial charge in [0.05, 0.1) is 25.2 Å². The first-order valence-electron chi connectivity index (χ1n) is 12.8. The van der Waals surface area contributed by atoms with Crippen LogP contribution in [0.25, 0.3) is 11.1 Å². The van der Waals surface area contributed by atoms with Crippen molar-refractivity contribution in [3.63, 3.8) is 0 Å². The van der Waals surface area contributed by atoms with Crippen molar-refractivity contribution in [2.75, 3.05) is 26.4 Å². The van der Waals surface area contributed by atoms with E-state index >= 15 is 0 Å². The number of hydrogen-bond acceptors (Lipinski definition) is 5. The highest BCUT2D eigenvalue weighted by molar-refractivity contribution is 5.79. The number of carbonyl (C=O) groups excluding carboxylic acids is 1. The van der Waals surface area contributed by atoms with Gasteiger partial charge in [-0.05, 0) is 41.2 Å². The van der Waals surface area contributed by atoms with Gasteiger partial charge >= 0.3 is 12.3 Å². The molecule has 0 saturated carbocycles. The quantitative estimate of drug-likeness (QED) is 0.396. The van der Waals surface area contributed by atoms with E-state index in [9.17, 15) is 18.0 Å². The number of halogens is 3. The van der Waals surface area contributed by atoms with Crippen LogP contribution in [-0.4, -0.2) is 48.5 Å². The number of pyridine rings is 1. The van der Waals surface area contributed by atoms with Crippen LogP contribution in [-0.2, 0) is 14.2 Å². The molecule has 2 aliphatic heterocycles. The summed E-state index contributed by atoms with van der Waals surface area (Å²) in [7, 11) is 0. The van der Waals surface area contributed by atoms with Gasteiger partial charge in [-0.15, -0.1) is 0 Å². The zero-order valence-corrected chi connectivity index (χ0v) is 20.6. The number of alkyl halides is 3. The highest BCUT2D eigenvalue weighted by Gasteiger charge is 2.47. The lowest BCUT2D eigenvalue weighted by Gasteiger charge is -2.40. The Kier molecular flexibility index (Phi) is 6.57. The fourth-order valence-electron chi connectivity index (χ4n) is 5.90. The van der Waals surface area contributed by atoms with Crippen LogP contribution in [0.2, 0.25) is 0 Å². The summed E-state index contributed by atoms with van der Waals surface area (Å²) in [6.45, 7) is 0.788. The smallest absolute Gasteiger partial charge is 0.410 e. The fraction of sp³-hybridized carbons (Fsp3) is 0.379. The third-order valence-electron chi connectivity index (χ3n) is 7.76. The average Bonchev–Trinajstić information content (AvgIpc) is 3.58. The highest BCUT2D eigenvalue weighted by Crippen LogP contribution is 2.46. The number of amides is 1. The Labute approximate surface area is 218 Å². The summed E-state index contributed by atoms with van der Waals surface area (Å²) in [5.74, 6) is -1.68. The van der Waals surface area contributed by atoms with E-state index in [1.807, 2.05) is 48.5 Å². The predicted octanol–water partition coefficient (Wildman–Crippen LogP) is 6.39. The van der Waals surface area contributed by atoms with Crippen molar-refractivity contribution < 1.29 is 32.2 Å². The fourth-order valence-corrected chi connectivity index (χ4v) is 5.90. The molecule has 2 fully saturated rings. The molecule has 3 heterocycles. The third-order valence-corrected chi connectivity index (χ3v) is 7.76. The SMILES string of the molecule is O=C(OCC1c2ccccc2-c2ccccc21)N1CCC(C(F)(F)F)CC1c1cnccc1C1OCCO1. The predicted molar refractivity (Wildman–Crippen MR) is 132 cm³/mol. The molecule has 9 heteroatoms. The van der Waals surface area contributed by atoms with E-state index < -0.39 is 30.5 Å². The topological polar surface area (TPSA) is 60.9 Å². The van der Waals surface area contributed by atoms with Crippen LogP contribution in [0.3, 0.4) is 0 Å². The standard InChI is InChI=1S/C29H27F3N2O4/c30-29(31,32)18-10-12-34(26(15-18)24-16-33-11-9-23(24)27-36-13-14-37-27)28(35)38-17-25-21-7-3-1-5-19(21)20-6-2-4-8-22(20)25/h1-9,11,16,18,25-27H,10,12-15,17H2. The molecule has 3 aliphatic rings. The zero-order valence-electron chi connectivity index (χ0n) is 20.6. The molecule has 2 atom stereocenters. The summed E-state index contributed by atoms with van der Waals surface area (Å²) >= 11 is 0. The number of rotatable bonds is 4. The van der Waals surface area contributed by atoms with Gasteiger partial charge in [0.1, 0.15) is 6.61 Å². The Balaban J connectivity index is 1.27. The first-order chi connectivity index (χ1) is 18.4. The number of ether oxygens (including phenoxy) is 3. The maximum atomic E-state index is 13.8. The van der Waals surface area contributed by atoms with E-state index in [1.165, 1.54) is 11.1 Å². The van der Waals surface area contributed by atoms with Crippen LogP contribution in [0.5, 0.6) is 0 Å². The molecule has 38 heavy (non-hydrogen) atoms. The molecule has 0 radical (unpaired) electrons. The Bertz CT molecular complexity index is 1280. The van der Waals surface area contributed by atoms with Gasteiger partial charge in [-0.2, -0.15) is 13.2 Å². The molecular formula is C29H27F3N2O4. The van der Waals surface area contributed by atoms with Crippen molar-refractivity contribution in [3.8, 4) is 11.1 Å². The number of likely N-dealkylation sites (tertiary alicyclic amines) is 1. The molecule has 3 aromatic rings. The zero-order chi connectivity index (χ0) is 26.3.